The minimum Gasteiger partial charge on any atom is -0.388 e. The molecule has 2 fully saturated rings. The molecule has 2 saturated heterocycles. The van der Waals surface area contributed by atoms with E-state index in [1.807, 2.05) is 0 Å². The van der Waals surface area contributed by atoms with Crippen LogP contribution in [0.2, 0.25) is 0 Å². The molecule has 1 unspecified atom stereocenters. The fourth-order valence-corrected chi connectivity index (χ4v) is 3.66. The van der Waals surface area contributed by atoms with E-state index >= 15 is 0 Å². The second kappa shape index (κ2) is 4.76. The Balaban J connectivity index is 2.10. The van der Waals surface area contributed by atoms with Gasteiger partial charge in [0, 0.05) is 19.6 Å². The topological polar surface area (TPSA) is 98.2 Å². The summed E-state index contributed by atoms with van der Waals surface area (Å²) in [6, 6.07) is -0.683. The van der Waals surface area contributed by atoms with Crippen LogP contribution in [-0.4, -0.2) is 77.9 Å². The van der Waals surface area contributed by atoms with Crippen LogP contribution in [-0.2, 0) is 14.8 Å². The van der Waals surface area contributed by atoms with Gasteiger partial charge < -0.3 is 15.1 Å². The van der Waals surface area contributed by atoms with Crippen molar-refractivity contribution in [1.29, 1.82) is 0 Å². The summed E-state index contributed by atoms with van der Waals surface area (Å²) < 4.78 is 24.3. The molecule has 8 heteroatoms. The standard InChI is InChI=1S/C10H18N2O5S/c1-18(16,17)12-4-2-3-7(12)10(15)11-5-8(13)9(14)6-11/h7-9,13-14H,2-6H2,1H3/t7?,8-,9+. The molecule has 0 spiro atoms. The first-order valence-corrected chi connectivity index (χ1v) is 7.77. The maximum Gasteiger partial charge on any atom is 0.241 e. The van der Waals surface area contributed by atoms with Gasteiger partial charge >= 0.3 is 0 Å². The molecule has 0 radical (unpaired) electrons. The van der Waals surface area contributed by atoms with E-state index in [2.05, 4.69) is 0 Å². The van der Waals surface area contributed by atoms with E-state index < -0.39 is 28.3 Å². The third-order valence-electron chi connectivity index (χ3n) is 3.49. The van der Waals surface area contributed by atoms with Crippen molar-refractivity contribution in [1.82, 2.24) is 9.21 Å². The Bertz CT molecular complexity index is 428. The van der Waals surface area contributed by atoms with Crippen LogP contribution in [0.15, 0.2) is 0 Å². The average molecular weight is 278 g/mol. The number of likely N-dealkylation sites (tertiary alicyclic amines) is 1. The summed E-state index contributed by atoms with van der Waals surface area (Å²) in [5, 5.41) is 18.8. The zero-order chi connectivity index (χ0) is 13.5. The van der Waals surface area contributed by atoms with Crippen molar-refractivity contribution in [3.8, 4) is 0 Å². The van der Waals surface area contributed by atoms with E-state index in [4.69, 9.17) is 0 Å². The molecule has 0 aromatic carbocycles. The van der Waals surface area contributed by atoms with Crippen LogP contribution in [0.4, 0.5) is 0 Å². The van der Waals surface area contributed by atoms with E-state index in [1.165, 1.54) is 9.21 Å². The van der Waals surface area contributed by atoms with Gasteiger partial charge in [-0.3, -0.25) is 4.79 Å². The van der Waals surface area contributed by atoms with Gasteiger partial charge in [-0.25, -0.2) is 8.42 Å². The zero-order valence-corrected chi connectivity index (χ0v) is 11.0. The molecule has 1 amide bonds. The molecule has 2 N–H and O–H groups in total. The van der Waals surface area contributed by atoms with Crippen molar-refractivity contribution in [2.24, 2.45) is 0 Å². The molecule has 0 bridgehead atoms. The Kier molecular flexibility index (Phi) is 3.63. The highest BCUT2D eigenvalue weighted by Gasteiger charge is 2.42. The van der Waals surface area contributed by atoms with Crippen molar-refractivity contribution in [3.05, 3.63) is 0 Å². The number of hydrogen-bond donors (Lipinski definition) is 2. The van der Waals surface area contributed by atoms with Gasteiger partial charge in [0.2, 0.25) is 15.9 Å². The Morgan fingerprint density at radius 2 is 1.78 bits per heavy atom. The Morgan fingerprint density at radius 1 is 1.22 bits per heavy atom. The lowest BCUT2D eigenvalue weighted by molar-refractivity contribution is -0.134. The molecule has 104 valence electrons. The lowest BCUT2D eigenvalue weighted by atomic mass is 10.2. The van der Waals surface area contributed by atoms with Crippen LogP contribution < -0.4 is 0 Å². The van der Waals surface area contributed by atoms with Crippen molar-refractivity contribution >= 4 is 15.9 Å². The number of aliphatic hydroxyl groups excluding tert-OH is 2. The van der Waals surface area contributed by atoms with E-state index in [0.29, 0.717) is 19.4 Å². The van der Waals surface area contributed by atoms with Gasteiger partial charge in [0.25, 0.3) is 0 Å². The highest BCUT2D eigenvalue weighted by atomic mass is 32.2. The number of β-amino-alcohol motifs (C(OH)–C–C–N with tert-alkyl or cyclic N) is 2. The molecule has 7 nitrogen and oxygen atoms in total. The fraction of sp³-hybridized carbons (Fsp3) is 0.900. The average Bonchev–Trinajstić information content (AvgIpc) is 2.84. The summed E-state index contributed by atoms with van der Waals surface area (Å²) in [5.41, 5.74) is 0. The molecule has 0 saturated carbocycles. The molecule has 0 aromatic rings. The quantitative estimate of drug-likeness (QED) is 0.607. The first kappa shape index (κ1) is 13.7. The summed E-state index contributed by atoms with van der Waals surface area (Å²) in [6.45, 7) is 0.483. The number of rotatable bonds is 2. The van der Waals surface area contributed by atoms with Crippen LogP contribution in [0.3, 0.4) is 0 Å². The SMILES string of the molecule is CS(=O)(=O)N1CCCC1C(=O)N1C[C@@H](O)[C@@H](O)C1. The molecular weight excluding hydrogens is 260 g/mol. The van der Waals surface area contributed by atoms with E-state index in [9.17, 15) is 23.4 Å². The largest absolute Gasteiger partial charge is 0.388 e. The van der Waals surface area contributed by atoms with E-state index in [1.54, 1.807) is 0 Å². The van der Waals surface area contributed by atoms with Crippen LogP contribution in [0.5, 0.6) is 0 Å². The number of aliphatic hydroxyl groups is 2. The second-order valence-corrected chi connectivity index (χ2v) is 6.84. The first-order chi connectivity index (χ1) is 8.30. The number of carbonyl (C=O) groups is 1. The molecular formula is C10H18N2O5S. The van der Waals surface area contributed by atoms with Crippen molar-refractivity contribution < 1.29 is 23.4 Å². The maximum atomic E-state index is 12.2. The smallest absolute Gasteiger partial charge is 0.241 e. The molecule has 3 atom stereocenters. The van der Waals surface area contributed by atoms with Crippen molar-refractivity contribution in [2.45, 2.75) is 31.1 Å². The van der Waals surface area contributed by atoms with Gasteiger partial charge in [-0.2, -0.15) is 4.31 Å². The van der Waals surface area contributed by atoms with Gasteiger partial charge in [-0.1, -0.05) is 0 Å². The number of nitrogens with zero attached hydrogens (tertiary/aromatic N) is 2. The Labute approximate surface area is 106 Å². The molecule has 18 heavy (non-hydrogen) atoms. The number of sulfonamides is 1. The molecule has 2 rings (SSSR count). The van der Waals surface area contributed by atoms with Gasteiger partial charge in [0.05, 0.1) is 18.5 Å². The number of hydrogen-bond acceptors (Lipinski definition) is 5. The highest BCUT2D eigenvalue weighted by Crippen LogP contribution is 2.23. The van der Waals surface area contributed by atoms with Crippen LogP contribution in [0.25, 0.3) is 0 Å². The minimum absolute atomic E-state index is 0.0636. The summed E-state index contributed by atoms with van der Waals surface area (Å²) in [5.74, 6) is -0.325. The van der Waals surface area contributed by atoms with Gasteiger partial charge in [0.15, 0.2) is 0 Å². The molecule has 2 aliphatic rings. The summed E-state index contributed by atoms with van der Waals surface area (Å²) in [7, 11) is -3.39. The number of carbonyl (C=O) groups excluding carboxylic acids is 1. The van der Waals surface area contributed by atoms with E-state index in [0.717, 1.165) is 6.26 Å². The Morgan fingerprint density at radius 3 is 2.28 bits per heavy atom. The second-order valence-electron chi connectivity index (χ2n) is 4.91. The van der Waals surface area contributed by atoms with Crippen LogP contribution in [0.1, 0.15) is 12.8 Å². The van der Waals surface area contributed by atoms with E-state index in [-0.39, 0.29) is 19.0 Å². The molecule has 2 aliphatic heterocycles. The molecule has 0 aromatic heterocycles. The lowest BCUT2D eigenvalue weighted by Gasteiger charge is -2.25. The van der Waals surface area contributed by atoms with Crippen LogP contribution >= 0.6 is 0 Å². The Hall–Kier alpha value is -0.700. The normalized spacial score (nSPS) is 34.2. The molecule has 2 heterocycles. The number of amides is 1. The van der Waals surface area contributed by atoms with Crippen LogP contribution in [0, 0.1) is 0 Å². The van der Waals surface area contributed by atoms with Gasteiger partial charge in [-0.05, 0) is 12.8 Å². The first-order valence-electron chi connectivity index (χ1n) is 5.92. The molecule has 0 aliphatic carbocycles. The van der Waals surface area contributed by atoms with Crippen molar-refractivity contribution in [2.75, 3.05) is 25.9 Å². The van der Waals surface area contributed by atoms with Gasteiger partial charge in [0.1, 0.15) is 6.04 Å². The monoisotopic (exact) mass is 278 g/mol. The van der Waals surface area contributed by atoms with Gasteiger partial charge in [-0.15, -0.1) is 0 Å². The zero-order valence-electron chi connectivity index (χ0n) is 10.2. The predicted molar refractivity (Wildman–Crippen MR) is 63.2 cm³/mol. The highest BCUT2D eigenvalue weighted by molar-refractivity contribution is 7.88. The summed E-state index contributed by atoms with van der Waals surface area (Å²) in [4.78, 5) is 13.5. The summed E-state index contributed by atoms with van der Waals surface area (Å²) in [6.07, 6.45) is 0.354. The minimum atomic E-state index is -3.39. The summed E-state index contributed by atoms with van der Waals surface area (Å²) >= 11 is 0. The van der Waals surface area contributed by atoms with Crippen molar-refractivity contribution in [3.63, 3.8) is 0 Å². The lowest BCUT2D eigenvalue weighted by Crippen LogP contribution is -2.47. The fourth-order valence-electron chi connectivity index (χ4n) is 2.54. The third-order valence-corrected chi connectivity index (χ3v) is 4.77. The third kappa shape index (κ3) is 2.51. The maximum absolute atomic E-state index is 12.2. The predicted octanol–water partition coefficient (Wildman–Crippen LogP) is -2.03.